The molecule has 0 rings (SSSR count). The second-order valence-corrected chi connectivity index (χ2v) is 5.85. The Morgan fingerprint density at radius 1 is 0.571 bits per heavy atom. The van der Waals surface area contributed by atoms with Gasteiger partial charge in [0.25, 0.3) is 0 Å². The van der Waals surface area contributed by atoms with Crippen LogP contribution in [0.4, 0.5) is 42.9 Å². The van der Waals surface area contributed by atoms with Gasteiger partial charge < -0.3 is 0 Å². The van der Waals surface area contributed by atoms with Crippen molar-refractivity contribution < 1.29 is 64.5 Å². The molecular weight excluding hydrogens is 382 g/mol. The summed E-state index contributed by atoms with van der Waals surface area (Å²) in [5.41, 5.74) is 0. The average molecular weight is 382 g/mol. The summed E-state index contributed by atoms with van der Waals surface area (Å²) in [6.07, 6.45) is -14.5. The van der Waals surface area contributed by atoms with Crippen LogP contribution in [0.2, 0.25) is 0 Å². The van der Waals surface area contributed by atoms with E-state index in [0.29, 0.717) is 0 Å². The average Bonchev–Trinajstić information content (AvgIpc) is 2.09. The van der Waals surface area contributed by atoms with Crippen LogP contribution in [0.25, 0.3) is 0 Å². The Morgan fingerprint density at radius 2 is 0.762 bits per heavy atom. The Balaban J connectivity index is 6.43. The second-order valence-electron chi connectivity index (χ2n) is 3.05. The summed E-state index contributed by atoms with van der Waals surface area (Å²) in [7, 11) is -15.7. The lowest BCUT2D eigenvalue weighted by molar-refractivity contribution is -0.379. The van der Waals surface area contributed by atoms with Gasteiger partial charge in [-0.25, -0.2) is 0 Å². The molecule has 17 heteroatoms. The van der Waals surface area contributed by atoms with Crippen LogP contribution < -0.4 is 0 Å². The molecule has 21 heavy (non-hydrogen) atoms. The minimum absolute atomic E-state index is 1.57. The lowest BCUT2D eigenvalue weighted by Crippen LogP contribution is -2.59. The van der Waals surface area contributed by atoms with E-state index in [-0.39, 0.29) is 0 Å². The summed E-state index contributed by atoms with van der Waals surface area (Å²) in [4.78, 5) is 0. The maximum Gasteiger partial charge on any atom is 0.467 e. The van der Waals surface area contributed by atoms with Gasteiger partial charge in [-0.05, 0) is 0 Å². The highest BCUT2D eigenvalue weighted by Crippen LogP contribution is 2.50. The predicted octanol–water partition coefficient (Wildman–Crippen LogP) is 1.97. The highest BCUT2D eigenvalue weighted by molar-refractivity contribution is 7.88. The monoisotopic (exact) mass is 382 g/mol. The number of rotatable bonds is 4. The predicted molar refractivity (Wildman–Crippen MR) is 40.9 cm³/mol. The molecule has 0 N–H and O–H groups in total. The summed E-state index contributed by atoms with van der Waals surface area (Å²) in [5, 5.41) is -14.3. The molecule has 2 atom stereocenters. The zero-order valence-corrected chi connectivity index (χ0v) is 10.3. The first-order valence-electron chi connectivity index (χ1n) is 3.80. The molecule has 0 aromatic carbocycles. The van der Waals surface area contributed by atoms with E-state index in [4.69, 9.17) is 0 Å². The highest BCUT2D eigenvalue weighted by Gasteiger charge is 2.79. The summed E-state index contributed by atoms with van der Waals surface area (Å²) in [6.45, 7) is 0. The Morgan fingerprint density at radius 3 is 0.857 bits per heavy atom. The van der Waals surface area contributed by atoms with Crippen molar-refractivity contribution in [2.75, 3.05) is 0 Å². The van der Waals surface area contributed by atoms with Crippen LogP contribution in [0, 0.1) is 0 Å². The van der Waals surface area contributed by atoms with Gasteiger partial charge in [-0.15, -0.1) is 0 Å². The van der Waals surface area contributed by atoms with E-state index in [1.807, 2.05) is 0 Å². The molecule has 0 radical (unpaired) electrons. The van der Waals surface area contributed by atoms with Gasteiger partial charge in [0.1, 0.15) is 0 Å². The van der Waals surface area contributed by atoms with Crippen LogP contribution in [-0.4, -0.2) is 39.6 Å². The number of ether oxygens (including phenoxy) is 1. The van der Waals surface area contributed by atoms with Crippen molar-refractivity contribution in [1.29, 1.82) is 0 Å². The fourth-order valence-corrected chi connectivity index (χ4v) is 1.69. The molecule has 0 unspecified atom stereocenters. The van der Waals surface area contributed by atoms with E-state index in [9.17, 15) is 59.7 Å². The Bertz CT molecular complexity index is 548. The van der Waals surface area contributed by atoms with Gasteiger partial charge in [0.2, 0.25) is 0 Å². The molecule has 0 saturated heterocycles. The smallest absolute Gasteiger partial charge is 0.265 e. The third-order valence-electron chi connectivity index (χ3n) is 1.57. The van der Waals surface area contributed by atoms with Crippen molar-refractivity contribution in [1.82, 2.24) is 0 Å². The summed E-state index contributed by atoms with van der Waals surface area (Å²) < 4.78 is 163. The molecular formula is C4F10O5S2. The van der Waals surface area contributed by atoms with Crippen LogP contribution in [0.5, 0.6) is 0 Å². The first kappa shape index (κ1) is 20.2. The lowest BCUT2D eigenvalue weighted by atomic mass is 10.6. The molecule has 0 amide bonds. The number of hydrogen-bond acceptors (Lipinski definition) is 5. The molecule has 0 aromatic heterocycles. The van der Waals surface area contributed by atoms with Crippen molar-refractivity contribution in [3.63, 3.8) is 0 Å². The molecule has 0 aliphatic heterocycles. The van der Waals surface area contributed by atoms with Crippen molar-refractivity contribution in [3.8, 4) is 0 Å². The summed E-state index contributed by atoms with van der Waals surface area (Å²) >= 11 is 0. The lowest BCUT2D eigenvalue weighted by Gasteiger charge is -2.31. The summed E-state index contributed by atoms with van der Waals surface area (Å²) in [5.74, 6) is 0. The zero-order valence-electron chi connectivity index (χ0n) is 8.64. The van der Waals surface area contributed by atoms with Crippen LogP contribution in [-0.2, 0) is 25.2 Å². The molecule has 0 aromatic rings. The molecule has 128 valence electrons. The SMILES string of the molecule is O=S(=O)(F)[C@](F)(O[C@](F)(C(F)(F)F)S(=O)(=O)F)C(F)(F)F. The number of halogens is 10. The van der Waals surface area contributed by atoms with Crippen LogP contribution >= 0.6 is 0 Å². The topological polar surface area (TPSA) is 77.5 Å². The molecule has 0 fully saturated rings. The molecule has 0 spiro atoms. The minimum atomic E-state index is -7.86. The van der Waals surface area contributed by atoms with Crippen LogP contribution in [0.3, 0.4) is 0 Å². The van der Waals surface area contributed by atoms with Gasteiger partial charge in [-0.1, -0.05) is 7.77 Å². The van der Waals surface area contributed by atoms with E-state index < -0.39 is 43.2 Å². The first-order chi connectivity index (χ1) is 8.71. The van der Waals surface area contributed by atoms with Crippen molar-refractivity contribution in [2.45, 2.75) is 22.7 Å². The highest BCUT2D eigenvalue weighted by atomic mass is 32.3. The fourth-order valence-electron chi connectivity index (χ4n) is 0.661. The molecule has 0 aliphatic carbocycles. The summed E-state index contributed by atoms with van der Waals surface area (Å²) in [6, 6.07) is 0. The normalized spacial score (nSPS) is 20.7. The van der Waals surface area contributed by atoms with E-state index in [1.165, 1.54) is 0 Å². The van der Waals surface area contributed by atoms with E-state index in [0.717, 1.165) is 0 Å². The quantitative estimate of drug-likeness (QED) is 0.549. The van der Waals surface area contributed by atoms with Crippen molar-refractivity contribution in [3.05, 3.63) is 0 Å². The molecule has 0 heterocycles. The standard InChI is InChI=1S/C4F10O5S2/c5-1(6,7)3(11,20(13,15)16)19-4(12,2(8,9)10)21(14,17)18/t3-,4-/m1/s1. The third-order valence-corrected chi connectivity index (χ3v) is 3.45. The van der Waals surface area contributed by atoms with E-state index >= 15 is 0 Å². The van der Waals surface area contributed by atoms with Crippen LogP contribution in [0.15, 0.2) is 0 Å². The zero-order chi connectivity index (χ0) is 17.7. The Kier molecular flexibility index (Phi) is 4.64. The van der Waals surface area contributed by atoms with Gasteiger partial charge in [-0.2, -0.15) is 52.0 Å². The van der Waals surface area contributed by atoms with Gasteiger partial charge in [0.15, 0.2) is 0 Å². The Labute approximate surface area is 108 Å². The van der Waals surface area contributed by atoms with Gasteiger partial charge in [-0.3, -0.25) is 4.74 Å². The maximum atomic E-state index is 12.9. The van der Waals surface area contributed by atoms with E-state index in [2.05, 4.69) is 0 Å². The molecule has 0 bridgehead atoms. The minimum Gasteiger partial charge on any atom is -0.265 e. The Hall–Kier alpha value is -0.840. The largest absolute Gasteiger partial charge is 0.467 e. The van der Waals surface area contributed by atoms with Gasteiger partial charge in [0.05, 0.1) is 0 Å². The maximum absolute atomic E-state index is 12.9. The molecule has 0 aliphatic rings. The molecule has 0 saturated carbocycles. The third kappa shape index (κ3) is 3.33. The van der Waals surface area contributed by atoms with E-state index in [1.54, 1.807) is 4.74 Å². The second kappa shape index (κ2) is 4.83. The molecule has 5 nitrogen and oxygen atoms in total. The van der Waals surface area contributed by atoms with Gasteiger partial charge >= 0.3 is 43.2 Å². The van der Waals surface area contributed by atoms with Crippen molar-refractivity contribution in [2.24, 2.45) is 0 Å². The number of hydrogen-bond donors (Lipinski definition) is 0. The number of alkyl halides is 8. The first-order valence-corrected chi connectivity index (χ1v) is 6.57. The fraction of sp³-hybridized carbons (Fsp3) is 1.00. The van der Waals surface area contributed by atoms with Crippen LogP contribution in [0.1, 0.15) is 0 Å². The van der Waals surface area contributed by atoms with Crippen molar-refractivity contribution >= 4 is 20.4 Å². The van der Waals surface area contributed by atoms with Gasteiger partial charge in [0, 0.05) is 0 Å².